The highest BCUT2D eigenvalue weighted by atomic mass is 19.4. The summed E-state index contributed by atoms with van der Waals surface area (Å²) in [5.74, 6) is 0.574. The van der Waals surface area contributed by atoms with E-state index in [0.717, 1.165) is 32.5 Å². The Balaban J connectivity index is 1.70. The first-order valence-electron chi connectivity index (χ1n) is 6.70. The number of nitrogens with one attached hydrogen (secondary N) is 1. The lowest BCUT2D eigenvalue weighted by Crippen LogP contribution is -2.41. The van der Waals surface area contributed by atoms with Crippen LogP contribution < -0.4 is 5.32 Å². The van der Waals surface area contributed by atoms with E-state index in [1.807, 2.05) is 0 Å². The molecular weight excluding hydrogens is 245 g/mol. The van der Waals surface area contributed by atoms with Gasteiger partial charge in [-0.3, -0.25) is 9.64 Å². The van der Waals surface area contributed by atoms with E-state index in [1.165, 1.54) is 12.8 Å². The van der Waals surface area contributed by atoms with E-state index in [-0.39, 0.29) is 6.61 Å². The van der Waals surface area contributed by atoms with Gasteiger partial charge >= 0.3 is 6.36 Å². The largest absolute Gasteiger partial charge is 0.522 e. The minimum atomic E-state index is -4.50. The first-order chi connectivity index (χ1) is 8.54. The molecule has 2 rings (SSSR count). The zero-order valence-corrected chi connectivity index (χ0v) is 10.5. The molecule has 0 aromatic rings. The number of rotatable bonds is 6. The standard InChI is InChI=1S/C12H21F3N2O/c13-12(14,15)18-7-6-17(11-3-4-11)9-10-2-1-5-16-8-10/h10-11,16H,1-9H2. The molecule has 3 nitrogen and oxygen atoms in total. The summed E-state index contributed by atoms with van der Waals surface area (Å²) in [4.78, 5) is 2.17. The molecule has 1 saturated heterocycles. The topological polar surface area (TPSA) is 24.5 Å². The molecule has 1 heterocycles. The molecule has 1 atom stereocenters. The molecule has 6 heteroatoms. The van der Waals surface area contributed by atoms with Crippen LogP contribution in [-0.4, -0.2) is 50.1 Å². The minimum absolute atomic E-state index is 0.250. The van der Waals surface area contributed by atoms with E-state index in [2.05, 4.69) is 15.0 Å². The fourth-order valence-electron chi connectivity index (χ4n) is 2.55. The Morgan fingerprint density at radius 2 is 2.00 bits per heavy atom. The quantitative estimate of drug-likeness (QED) is 0.795. The Hall–Kier alpha value is -0.330. The summed E-state index contributed by atoms with van der Waals surface area (Å²) in [6.45, 7) is 3.10. The fraction of sp³-hybridized carbons (Fsp3) is 1.00. The van der Waals surface area contributed by atoms with Gasteiger partial charge in [-0.2, -0.15) is 0 Å². The SMILES string of the molecule is FC(F)(F)OCCN(CC1CCCNC1)C1CC1. The Morgan fingerprint density at radius 3 is 2.56 bits per heavy atom. The van der Waals surface area contributed by atoms with E-state index in [4.69, 9.17) is 0 Å². The van der Waals surface area contributed by atoms with Crippen molar-refractivity contribution in [3.05, 3.63) is 0 Å². The second-order valence-electron chi connectivity index (χ2n) is 5.23. The predicted molar refractivity (Wildman–Crippen MR) is 62.2 cm³/mol. The molecule has 0 aromatic carbocycles. The minimum Gasteiger partial charge on any atom is -0.316 e. The normalized spacial score (nSPS) is 25.7. The van der Waals surface area contributed by atoms with E-state index < -0.39 is 6.36 Å². The number of hydrogen-bond donors (Lipinski definition) is 1. The molecule has 0 spiro atoms. The molecule has 1 unspecified atom stereocenters. The number of nitrogens with zero attached hydrogens (tertiary/aromatic N) is 1. The maximum Gasteiger partial charge on any atom is 0.522 e. The molecule has 1 aliphatic carbocycles. The van der Waals surface area contributed by atoms with E-state index >= 15 is 0 Å². The molecule has 0 bridgehead atoms. The third kappa shape index (κ3) is 5.12. The third-order valence-corrected chi connectivity index (χ3v) is 3.60. The number of piperidine rings is 1. The van der Waals surface area contributed by atoms with Crippen LogP contribution in [0.2, 0.25) is 0 Å². The van der Waals surface area contributed by atoms with Crippen LogP contribution in [0.25, 0.3) is 0 Å². The van der Waals surface area contributed by atoms with Crippen LogP contribution in [-0.2, 0) is 4.74 Å². The zero-order chi connectivity index (χ0) is 13.0. The molecule has 0 amide bonds. The predicted octanol–water partition coefficient (Wildman–Crippen LogP) is 1.99. The van der Waals surface area contributed by atoms with Gasteiger partial charge in [0, 0.05) is 19.1 Å². The van der Waals surface area contributed by atoms with Gasteiger partial charge < -0.3 is 5.32 Å². The lowest BCUT2D eigenvalue weighted by molar-refractivity contribution is -0.325. The molecule has 1 N–H and O–H groups in total. The summed E-state index contributed by atoms with van der Waals surface area (Å²) < 4.78 is 39.7. The van der Waals surface area contributed by atoms with Crippen LogP contribution in [0.5, 0.6) is 0 Å². The first-order valence-corrected chi connectivity index (χ1v) is 6.70. The van der Waals surface area contributed by atoms with Crippen molar-refractivity contribution >= 4 is 0 Å². The molecule has 1 aliphatic heterocycles. The Kier molecular flexibility index (Phi) is 4.86. The molecular formula is C12H21F3N2O. The van der Waals surface area contributed by atoms with Crippen LogP contribution in [0.15, 0.2) is 0 Å². The molecule has 0 aromatic heterocycles. The molecule has 1 saturated carbocycles. The number of ether oxygens (including phenoxy) is 1. The molecule has 0 radical (unpaired) electrons. The van der Waals surface area contributed by atoms with Crippen LogP contribution in [0.4, 0.5) is 13.2 Å². The zero-order valence-electron chi connectivity index (χ0n) is 10.5. The van der Waals surface area contributed by atoms with Crippen LogP contribution in [0.3, 0.4) is 0 Å². The van der Waals surface area contributed by atoms with Crippen molar-refractivity contribution in [2.24, 2.45) is 5.92 Å². The summed E-state index contributed by atoms with van der Waals surface area (Å²) in [6, 6.07) is 0.490. The van der Waals surface area contributed by atoms with Gasteiger partial charge in [-0.25, -0.2) is 0 Å². The van der Waals surface area contributed by atoms with Crippen molar-refractivity contribution < 1.29 is 17.9 Å². The average Bonchev–Trinajstić information content (AvgIpc) is 3.11. The van der Waals surface area contributed by atoms with E-state index in [9.17, 15) is 13.2 Å². The lowest BCUT2D eigenvalue weighted by Gasteiger charge is -2.30. The van der Waals surface area contributed by atoms with Crippen molar-refractivity contribution in [1.82, 2.24) is 10.2 Å². The van der Waals surface area contributed by atoms with Gasteiger partial charge in [0.15, 0.2) is 0 Å². The number of alkyl halides is 3. The van der Waals surface area contributed by atoms with Gasteiger partial charge in [0.05, 0.1) is 6.61 Å². The molecule has 18 heavy (non-hydrogen) atoms. The van der Waals surface area contributed by atoms with Crippen LogP contribution in [0, 0.1) is 5.92 Å². The summed E-state index contributed by atoms with van der Waals surface area (Å²) in [7, 11) is 0. The number of hydrogen-bond acceptors (Lipinski definition) is 3. The van der Waals surface area contributed by atoms with E-state index in [1.54, 1.807) is 0 Å². The third-order valence-electron chi connectivity index (χ3n) is 3.60. The summed E-state index contributed by atoms with van der Waals surface area (Å²) >= 11 is 0. The van der Waals surface area contributed by atoms with Crippen LogP contribution in [0.1, 0.15) is 25.7 Å². The van der Waals surface area contributed by atoms with Crippen LogP contribution >= 0.6 is 0 Å². The lowest BCUT2D eigenvalue weighted by atomic mass is 9.99. The summed E-state index contributed by atoms with van der Waals surface area (Å²) in [6.07, 6.45) is 0.0819. The Bertz CT molecular complexity index is 250. The highest BCUT2D eigenvalue weighted by Crippen LogP contribution is 2.28. The smallest absolute Gasteiger partial charge is 0.316 e. The van der Waals surface area contributed by atoms with Gasteiger partial charge in [-0.1, -0.05) is 0 Å². The van der Waals surface area contributed by atoms with Crippen molar-refractivity contribution in [2.75, 3.05) is 32.8 Å². The summed E-state index contributed by atoms with van der Waals surface area (Å²) in [5.41, 5.74) is 0. The van der Waals surface area contributed by atoms with Crippen molar-refractivity contribution in [3.8, 4) is 0 Å². The van der Waals surface area contributed by atoms with E-state index in [0.29, 0.717) is 18.5 Å². The van der Waals surface area contributed by atoms with Crippen molar-refractivity contribution in [1.29, 1.82) is 0 Å². The fourth-order valence-corrected chi connectivity index (χ4v) is 2.55. The second kappa shape index (κ2) is 6.21. The van der Waals surface area contributed by atoms with Gasteiger partial charge in [0.25, 0.3) is 0 Å². The molecule has 106 valence electrons. The van der Waals surface area contributed by atoms with Gasteiger partial charge in [0.1, 0.15) is 0 Å². The van der Waals surface area contributed by atoms with Gasteiger partial charge in [-0.05, 0) is 44.7 Å². The van der Waals surface area contributed by atoms with Crippen molar-refractivity contribution in [3.63, 3.8) is 0 Å². The van der Waals surface area contributed by atoms with Crippen molar-refractivity contribution in [2.45, 2.75) is 38.1 Å². The average molecular weight is 266 g/mol. The maximum absolute atomic E-state index is 11.9. The maximum atomic E-state index is 11.9. The highest BCUT2D eigenvalue weighted by molar-refractivity contribution is 4.86. The molecule has 2 aliphatic rings. The molecule has 2 fully saturated rings. The highest BCUT2D eigenvalue weighted by Gasteiger charge is 2.33. The monoisotopic (exact) mass is 266 g/mol. The summed E-state index contributed by atoms with van der Waals surface area (Å²) in [5, 5.41) is 3.34. The van der Waals surface area contributed by atoms with Gasteiger partial charge in [0.2, 0.25) is 0 Å². The Labute approximate surface area is 106 Å². The Morgan fingerprint density at radius 1 is 1.22 bits per heavy atom. The second-order valence-corrected chi connectivity index (χ2v) is 5.23. The number of halogens is 3. The first kappa shape index (κ1) is 14.1. The van der Waals surface area contributed by atoms with Gasteiger partial charge in [-0.15, -0.1) is 13.2 Å².